The molecule has 6 rings (SSSR count). The number of rotatable bonds is 9. The summed E-state index contributed by atoms with van der Waals surface area (Å²) in [6.07, 6.45) is 0. The summed E-state index contributed by atoms with van der Waals surface area (Å²) >= 11 is 0. The number of hydrogen-bond acceptors (Lipinski definition) is 12. The molecular formula is C32H26N8NaO8S2. The number of amides is 2. The van der Waals surface area contributed by atoms with Gasteiger partial charge in [-0.25, -0.2) is 0 Å². The SMILES string of the molecule is CC1=NN(c2ccccc2)C(=O)C1N=Nc1ccc(-c2ccc(N=NC3C(=O)N(c4ccccc4)N=C3C)cc2S(=O)(=O)O)c(S(=O)(=O)O)c1.[Na]. The number of azo groups is 2. The molecule has 2 amide bonds. The van der Waals surface area contributed by atoms with Crippen LogP contribution in [0.5, 0.6) is 0 Å². The molecule has 19 heteroatoms. The van der Waals surface area contributed by atoms with Gasteiger partial charge in [0.25, 0.3) is 32.1 Å². The summed E-state index contributed by atoms with van der Waals surface area (Å²) < 4.78 is 70.3. The molecule has 2 atom stereocenters. The van der Waals surface area contributed by atoms with Gasteiger partial charge in [0.2, 0.25) is 0 Å². The van der Waals surface area contributed by atoms with Gasteiger partial charge in [0.05, 0.1) is 34.2 Å². The molecule has 4 aromatic rings. The van der Waals surface area contributed by atoms with Crippen molar-refractivity contribution in [3.8, 4) is 11.1 Å². The number of hydrazone groups is 2. The van der Waals surface area contributed by atoms with Crippen LogP contribution in [0.3, 0.4) is 0 Å². The predicted molar refractivity (Wildman–Crippen MR) is 188 cm³/mol. The van der Waals surface area contributed by atoms with Crippen molar-refractivity contribution in [2.45, 2.75) is 35.7 Å². The van der Waals surface area contributed by atoms with Crippen molar-refractivity contribution in [2.75, 3.05) is 10.0 Å². The van der Waals surface area contributed by atoms with Crippen LogP contribution < -0.4 is 10.0 Å². The van der Waals surface area contributed by atoms with Crippen molar-refractivity contribution in [2.24, 2.45) is 30.7 Å². The maximum atomic E-state index is 13.0. The maximum Gasteiger partial charge on any atom is 0.295 e. The fourth-order valence-corrected chi connectivity index (χ4v) is 6.60. The Morgan fingerprint density at radius 1 is 0.588 bits per heavy atom. The smallest absolute Gasteiger partial charge is 0.282 e. The third kappa shape index (κ3) is 7.91. The van der Waals surface area contributed by atoms with Crippen LogP contribution in [-0.2, 0) is 29.8 Å². The van der Waals surface area contributed by atoms with Gasteiger partial charge in [0.15, 0.2) is 12.1 Å². The van der Waals surface area contributed by atoms with Gasteiger partial charge in [0.1, 0.15) is 9.79 Å². The molecule has 0 saturated carbocycles. The van der Waals surface area contributed by atoms with E-state index in [4.69, 9.17) is 0 Å². The Balaban J connectivity index is 0.00000504. The van der Waals surface area contributed by atoms with Crippen LogP contribution in [0.4, 0.5) is 22.7 Å². The third-order valence-corrected chi connectivity index (χ3v) is 9.33. The van der Waals surface area contributed by atoms with Gasteiger partial charge in [-0.05, 0) is 62.4 Å². The number of anilines is 2. The van der Waals surface area contributed by atoms with E-state index in [1.54, 1.807) is 74.5 Å². The number of benzene rings is 4. The molecule has 255 valence electrons. The van der Waals surface area contributed by atoms with Gasteiger partial charge in [-0.3, -0.25) is 18.7 Å². The summed E-state index contributed by atoms with van der Waals surface area (Å²) in [4.78, 5) is 24.5. The summed E-state index contributed by atoms with van der Waals surface area (Å²) in [5.74, 6) is -0.986. The number of nitrogens with zero attached hydrogens (tertiary/aromatic N) is 8. The molecule has 0 bridgehead atoms. The van der Waals surface area contributed by atoms with Crippen LogP contribution in [0.15, 0.2) is 138 Å². The van der Waals surface area contributed by atoms with Gasteiger partial charge < -0.3 is 0 Å². The monoisotopic (exact) mass is 737 g/mol. The fraction of sp³-hybridized carbons (Fsp3) is 0.125. The van der Waals surface area contributed by atoms with Crippen LogP contribution in [-0.4, -0.2) is 90.8 Å². The van der Waals surface area contributed by atoms with Crippen LogP contribution in [0.25, 0.3) is 11.1 Å². The molecule has 16 nitrogen and oxygen atoms in total. The summed E-state index contributed by atoms with van der Waals surface area (Å²) in [6, 6.07) is 21.8. The van der Waals surface area contributed by atoms with Crippen molar-refractivity contribution >= 4 is 95.8 Å². The summed E-state index contributed by atoms with van der Waals surface area (Å²) in [5.41, 5.74) is 0.888. The van der Waals surface area contributed by atoms with Crippen LogP contribution in [0.1, 0.15) is 13.8 Å². The molecule has 4 aromatic carbocycles. The average molecular weight is 738 g/mol. The molecule has 0 saturated heterocycles. The number of para-hydroxylation sites is 2. The zero-order valence-electron chi connectivity index (χ0n) is 27.1. The normalized spacial score (nSPS) is 18.0. The number of carbonyl (C=O) groups excluding carboxylic acids is 2. The van der Waals surface area contributed by atoms with Crippen LogP contribution in [0.2, 0.25) is 0 Å². The molecule has 2 aliphatic rings. The topological polar surface area (TPSA) is 224 Å². The Morgan fingerprint density at radius 3 is 1.27 bits per heavy atom. The first-order valence-corrected chi connectivity index (χ1v) is 17.5. The standard InChI is InChI=1S/C32H26N8O8S2.Na/c1-19-29(31(41)39(37-19)23-9-5-3-6-10-23)35-33-21-13-15-25(27(17-21)49(43,44)45)26-16-14-22(18-28(26)50(46,47)48)34-36-30-20(2)38-40(32(30)42)24-11-7-4-8-12-24;/h3-18,29-30H,1-2H3,(H,43,44,45)(H,46,47,48);. The summed E-state index contributed by atoms with van der Waals surface area (Å²) in [6.45, 7) is 3.16. The van der Waals surface area contributed by atoms with E-state index in [0.29, 0.717) is 22.8 Å². The van der Waals surface area contributed by atoms with E-state index >= 15 is 0 Å². The van der Waals surface area contributed by atoms with Crippen molar-refractivity contribution in [3.05, 3.63) is 97.1 Å². The summed E-state index contributed by atoms with van der Waals surface area (Å²) in [5, 5.41) is 26.9. The van der Waals surface area contributed by atoms with Gasteiger partial charge in [-0.1, -0.05) is 48.5 Å². The van der Waals surface area contributed by atoms with Gasteiger partial charge in [-0.2, -0.15) is 57.5 Å². The number of carbonyl (C=O) groups is 2. The van der Waals surface area contributed by atoms with Crippen molar-refractivity contribution in [1.82, 2.24) is 0 Å². The largest absolute Gasteiger partial charge is 0.295 e. The third-order valence-electron chi connectivity index (χ3n) is 7.55. The molecule has 2 heterocycles. The van der Waals surface area contributed by atoms with E-state index in [1.807, 2.05) is 0 Å². The van der Waals surface area contributed by atoms with Gasteiger partial charge in [0, 0.05) is 40.7 Å². The predicted octanol–water partition coefficient (Wildman–Crippen LogP) is 5.22. The van der Waals surface area contributed by atoms with Crippen molar-refractivity contribution in [3.63, 3.8) is 0 Å². The van der Waals surface area contributed by atoms with E-state index in [0.717, 1.165) is 24.3 Å². The Hall–Kier alpha value is -4.82. The van der Waals surface area contributed by atoms with Crippen LogP contribution in [0, 0.1) is 0 Å². The Labute approximate surface area is 314 Å². The van der Waals surface area contributed by atoms with Gasteiger partial charge in [-0.15, -0.1) is 0 Å². The van der Waals surface area contributed by atoms with E-state index in [9.17, 15) is 35.5 Å². The summed E-state index contributed by atoms with van der Waals surface area (Å²) in [7, 11) is -10.0. The van der Waals surface area contributed by atoms with Gasteiger partial charge >= 0.3 is 0 Å². The molecule has 0 aliphatic carbocycles. The minimum absolute atomic E-state index is 0. The number of hydrogen-bond donors (Lipinski definition) is 2. The van der Waals surface area contributed by atoms with Crippen molar-refractivity contribution < 1.29 is 35.5 Å². The Kier molecular flexibility index (Phi) is 10.9. The second kappa shape index (κ2) is 14.8. The molecule has 0 spiro atoms. The zero-order valence-corrected chi connectivity index (χ0v) is 30.8. The van der Waals surface area contributed by atoms with Crippen molar-refractivity contribution in [1.29, 1.82) is 0 Å². The van der Waals surface area contributed by atoms with E-state index in [2.05, 4.69) is 30.7 Å². The molecule has 51 heavy (non-hydrogen) atoms. The molecule has 2 unspecified atom stereocenters. The molecule has 0 aromatic heterocycles. The second-order valence-corrected chi connectivity index (χ2v) is 13.8. The minimum atomic E-state index is -5.02. The molecule has 0 fully saturated rings. The zero-order chi connectivity index (χ0) is 35.8. The van der Waals surface area contributed by atoms with E-state index < -0.39 is 53.9 Å². The van der Waals surface area contributed by atoms with E-state index in [1.165, 1.54) is 22.2 Å². The molecule has 2 N–H and O–H groups in total. The Bertz CT molecular complexity index is 2210. The first-order chi connectivity index (χ1) is 23.7. The molecular weight excluding hydrogens is 712 g/mol. The average Bonchev–Trinajstić information content (AvgIpc) is 3.54. The van der Waals surface area contributed by atoms with Crippen LogP contribution >= 0.6 is 0 Å². The molecule has 1 radical (unpaired) electrons. The maximum absolute atomic E-state index is 13.0. The first kappa shape index (κ1) is 37.4. The minimum Gasteiger partial charge on any atom is -0.282 e. The molecule has 2 aliphatic heterocycles. The Morgan fingerprint density at radius 2 is 0.941 bits per heavy atom. The fourth-order valence-electron chi connectivity index (χ4n) is 5.15. The van der Waals surface area contributed by atoms with E-state index in [-0.39, 0.29) is 52.1 Å². The first-order valence-electron chi connectivity index (χ1n) is 14.7. The quantitative estimate of drug-likeness (QED) is 0.131. The second-order valence-electron chi connectivity index (χ2n) is 11.0.